The fourth-order valence-electron chi connectivity index (χ4n) is 3.81. The molecule has 7 nitrogen and oxygen atoms in total. The summed E-state index contributed by atoms with van der Waals surface area (Å²) in [5.41, 5.74) is 4.02. The molecule has 2 aromatic heterocycles. The summed E-state index contributed by atoms with van der Waals surface area (Å²) in [4.78, 5) is 20.2. The van der Waals surface area contributed by atoms with E-state index >= 15 is 0 Å². The van der Waals surface area contributed by atoms with Gasteiger partial charge in [-0.15, -0.1) is 0 Å². The van der Waals surface area contributed by atoms with Crippen LogP contribution in [0.4, 0.5) is 0 Å². The second-order valence-corrected chi connectivity index (χ2v) is 9.40. The number of halogens is 1. The van der Waals surface area contributed by atoms with Crippen LogP contribution in [0.5, 0.6) is 0 Å². The zero-order chi connectivity index (χ0) is 19.3. The minimum absolute atomic E-state index is 0.0301. The number of hydrogen-bond donors (Lipinski definition) is 1. The topological polar surface area (TPSA) is 97.7 Å². The van der Waals surface area contributed by atoms with Gasteiger partial charge in [0.05, 0.1) is 10.6 Å². The van der Waals surface area contributed by atoms with Crippen LogP contribution in [0.2, 0.25) is 0 Å². The van der Waals surface area contributed by atoms with E-state index in [1.165, 1.54) is 6.07 Å². The smallest absolute Gasteiger partial charge is 0.277 e. The highest BCUT2D eigenvalue weighted by Crippen LogP contribution is 2.34. The quantitative estimate of drug-likeness (QED) is 0.672. The van der Waals surface area contributed by atoms with E-state index < -0.39 is 9.05 Å². The Kier molecular flexibility index (Phi) is 4.35. The average Bonchev–Trinajstić information content (AvgIpc) is 3.18. The number of hydrogen-bond acceptors (Lipinski definition) is 5. The van der Waals surface area contributed by atoms with Gasteiger partial charge in [-0.3, -0.25) is 9.48 Å². The number of H-pyrrole nitrogens is 1. The average molecular weight is 407 g/mol. The Bertz CT molecular complexity index is 1230. The van der Waals surface area contributed by atoms with Crippen LogP contribution >= 0.6 is 10.7 Å². The van der Waals surface area contributed by atoms with Crippen LogP contribution in [0.1, 0.15) is 36.6 Å². The Hall–Kier alpha value is -2.19. The highest BCUT2D eigenvalue weighted by molar-refractivity contribution is 8.13. The Morgan fingerprint density at radius 3 is 2.78 bits per heavy atom. The predicted molar refractivity (Wildman–Crippen MR) is 104 cm³/mol. The van der Waals surface area contributed by atoms with E-state index in [2.05, 4.69) is 15.1 Å². The van der Waals surface area contributed by atoms with Crippen molar-refractivity contribution in [3.8, 4) is 11.4 Å². The lowest BCUT2D eigenvalue weighted by molar-refractivity contribution is 0.609. The molecule has 0 fully saturated rings. The first-order valence-electron chi connectivity index (χ1n) is 8.86. The molecular formula is C18H19ClN4O3S. The standard InChI is InChI=1S/C18H19ClN4O3S/c1-3-5-14-15-16(23(2)22-14)18(24)21-17(20-15)13-9-11(27(19,25)26)8-10-6-4-7-12(10)13/h8-9H,3-7H2,1-2H3,(H,20,21,24). The zero-order valence-electron chi connectivity index (χ0n) is 15.0. The third-order valence-corrected chi connectivity index (χ3v) is 6.31. The van der Waals surface area contributed by atoms with Crippen LogP contribution in [0.15, 0.2) is 21.8 Å². The second kappa shape index (κ2) is 6.45. The zero-order valence-corrected chi connectivity index (χ0v) is 16.6. The summed E-state index contributed by atoms with van der Waals surface area (Å²) in [6.45, 7) is 2.04. The minimum atomic E-state index is -3.88. The Morgan fingerprint density at radius 2 is 2.07 bits per heavy atom. The number of nitrogens with zero attached hydrogens (tertiary/aromatic N) is 3. The van der Waals surface area contributed by atoms with Gasteiger partial charge in [-0.25, -0.2) is 13.4 Å². The van der Waals surface area contributed by atoms with Crippen molar-refractivity contribution in [3.63, 3.8) is 0 Å². The molecule has 2 heterocycles. The van der Waals surface area contributed by atoms with Crippen molar-refractivity contribution >= 4 is 30.8 Å². The molecule has 1 N–H and O–H groups in total. The van der Waals surface area contributed by atoms with Crippen molar-refractivity contribution in [1.29, 1.82) is 0 Å². The van der Waals surface area contributed by atoms with E-state index in [1.807, 2.05) is 6.92 Å². The molecular weight excluding hydrogens is 388 g/mol. The maximum absolute atomic E-state index is 12.7. The first-order chi connectivity index (χ1) is 12.8. The van der Waals surface area contributed by atoms with Crippen LogP contribution in [0, 0.1) is 0 Å². The number of benzene rings is 1. The number of fused-ring (bicyclic) bond motifs is 2. The maximum Gasteiger partial charge on any atom is 0.277 e. The molecule has 9 heteroatoms. The molecule has 1 aliphatic rings. The van der Waals surface area contributed by atoms with E-state index in [-0.39, 0.29) is 10.5 Å². The van der Waals surface area contributed by atoms with E-state index in [0.29, 0.717) is 28.8 Å². The Labute approximate surface area is 160 Å². The highest BCUT2D eigenvalue weighted by atomic mass is 35.7. The van der Waals surface area contributed by atoms with Gasteiger partial charge in [0.25, 0.3) is 14.6 Å². The van der Waals surface area contributed by atoms with Gasteiger partial charge < -0.3 is 4.98 Å². The monoisotopic (exact) mass is 406 g/mol. The van der Waals surface area contributed by atoms with Crippen molar-refractivity contribution in [2.45, 2.75) is 43.9 Å². The molecule has 0 bridgehead atoms. The number of aromatic amines is 1. The predicted octanol–water partition coefficient (Wildman–Crippen LogP) is 2.69. The normalized spacial score (nSPS) is 14.0. The fraction of sp³-hybridized carbons (Fsp3) is 0.389. The van der Waals surface area contributed by atoms with E-state index in [4.69, 9.17) is 10.7 Å². The fourth-order valence-corrected chi connectivity index (χ4v) is 4.62. The molecule has 0 saturated heterocycles. The molecule has 0 amide bonds. The van der Waals surface area contributed by atoms with Crippen molar-refractivity contribution in [2.75, 3.05) is 0 Å². The lowest BCUT2D eigenvalue weighted by Gasteiger charge is -2.10. The molecule has 1 aliphatic carbocycles. The molecule has 4 rings (SSSR count). The molecule has 0 aliphatic heterocycles. The SMILES string of the molecule is CCCc1nn(C)c2c(=O)[nH]c(-c3cc(S(=O)(=O)Cl)cc4c3CCC4)nc12. The molecule has 0 saturated carbocycles. The molecule has 3 aromatic rings. The van der Waals surface area contributed by atoms with Crippen LogP contribution in [-0.4, -0.2) is 28.2 Å². The largest absolute Gasteiger partial charge is 0.305 e. The van der Waals surface area contributed by atoms with Crippen LogP contribution in [0.25, 0.3) is 22.4 Å². The van der Waals surface area contributed by atoms with Crippen molar-refractivity contribution < 1.29 is 8.42 Å². The van der Waals surface area contributed by atoms with Gasteiger partial charge in [-0.2, -0.15) is 5.10 Å². The summed E-state index contributed by atoms with van der Waals surface area (Å²) in [6.07, 6.45) is 4.11. The summed E-state index contributed by atoms with van der Waals surface area (Å²) in [5, 5.41) is 4.42. The first-order valence-corrected chi connectivity index (χ1v) is 11.2. The van der Waals surface area contributed by atoms with Gasteiger partial charge in [0.15, 0.2) is 5.52 Å². The van der Waals surface area contributed by atoms with Crippen LogP contribution in [0.3, 0.4) is 0 Å². The van der Waals surface area contributed by atoms with Gasteiger partial charge in [-0.05, 0) is 48.9 Å². The van der Waals surface area contributed by atoms with Gasteiger partial charge in [0.2, 0.25) is 0 Å². The molecule has 142 valence electrons. The van der Waals surface area contributed by atoms with E-state index in [0.717, 1.165) is 42.5 Å². The van der Waals surface area contributed by atoms with Gasteiger partial charge >= 0.3 is 0 Å². The van der Waals surface area contributed by atoms with E-state index in [9.17, 15) is 13.2 Å². The molecule has 0 atom stereocenters. The molecule has 0 unspecified atom stereocenters. The third kappa shape index (κ3) is 3.06. The summed E-state index contributed by atoms with van der Waals surface area (Å²) >= 11 is 0. The maximum atomic E-state index is 12.7. The second-order valence-electron chi connectivity index (χ2n) is 6.83. The summed E-state index contributed by atoms with van der Waals surface area (Å²) in [6, 6.07) is 3.13. The summed E-state index contributed by atoms with van der Waals surface area (Å²) < 4.78 is 25.3. The summed E-state index contributed by atoms with van der Waals surface area (Å²) in [7, 11) is 3.42. The van der Waals surface area contributed by atoms with Crippen molar-refractivity contribution in [1.82, 2.24) is 19.7 Å². The molecule has 0 spiro atoms. The number of nitrogens with one attached hydrogen (secondary N) is 1. The first kappa shape index (κ1) is 18.2. The van der Waals surface area contributed by atoms with Crippen molar-refractivity contribution in [2.24, 2.45) is 7.05 Å². The van der Waals surface area contributed by atoms with Crippen LogP contribution in [-0.2, 0) is 35.4 Å². The van der Waals surface area contributed by atoms with E-state index in [1.54, 1.807) is 17.8 Å². The van der Waals surface area contributed by atoms with Gasteiger partial charge in [0, 0.05) is 23.3 Å². The molecule has 1 aromatic carbocycles. The lowest BCUT2D eigenvalue weighted by atomic mass is 10.0. The Balaban J connectivity index is 2.02. The van der Waals surface area contributed by atoms with Crippen LogP contribution < -0.4 is 5.56 Å². The summed E-state index contributed by atoms with van der Waals surface area (Å²) in [5.74, 6) is 0.359. The Morgan fingerprint density at radius 1 is 1.30 bits per heavy atom. The third-order valence-electron chi connectivity index (χ3n) is 4.97. The van der Waals surface area contributed by atoms with Gasteiger partial charge in [0.1, 0.15) is 11.3 Å². The lowest BCUT2D eigenvalue weighted by Crippen LogP contribution is -2.13. The number of rotatable bonds is 4. The van der Waals surface area contributed by atoms with Crippen molar-refractivity contribution in [3.05, 3.63) is 39.3 Å². The molecule has 0 radical (unpaired) electrons. The minimum Gasteiger partial charge on any atom is -0.305 e. The number of aryl methyl sites for hydroxylation is 3. The number of aromatic nitrogens is 4. The van der Waals surface area contributed by atoms with Gasteiger partial charge in [-0.1, -0.05) is 13.3 Å². The highest BCUT2D eigenvalue weighted by Gasteiger charge is 2.24. The molecule has 27 heavy (non-hydrogen) atoms.